The van der Waals surface area contributed by atoms with E-state index in [2.05, 4.69) is 19.1 Å². The van der Waals surface area contributed by atoms with E-state index in [1.54, 1.807) is 0 Å². The third-order valence-corrected chi connectivity index (χ3v) is 7.84. The molecule has 222 valence electrons. The molecule has 0 radical (unpaired) electrons. The number of carboxylic acid groups (broad SMARTS) is 3. The Kier molecular flexibility index (Phi) is 20.9. The van der Waals surface area contributed by atoms with Gasteiger partial charge in [0.2, 0.25) is 0 Å². The number of allylic oxidation sites excluding steroid dienone is 2. The van der Waals surface area contributed by atoms with E-state index < -0.39 is 36.0 Å². The minimum Gasteiger partial charge on any atom is -0.477 e. The molecule has 7 nitrogen and oxygen atoms in total. The second-order valence-electron chi connectivity index (χ2n) is 10.9. The summed E-state index contributed by atoms with van der Waals surface area (Å²) in [4.78, 5) is 37.6. The first kappa shape index (κ1) is 36.1. The fourth-order valence-electron chi connectivity index (χ4n) is 5.91. The molecule has 0 amide bonds. The minimum atomic E-state index is -1.09. The van der Waals surface area contributed by atoms with Crippen molar-refractivity contribution in [2.75, 3.05) is 6.54 Å². The van der Waals surface area contributed by atoms with Crippen molar-refractivity contribution in [3.8, 4) is 0 Å². The first-order valence-corrected chi connectivity index (χ1v) is 15.4. The maximum atomic E-state index is 12.5. The van der Waals surface area contributed by atoms with E-state index in [4.69, 9.17) is 0 Å². The van der Waals surface area contributed by atoms with Gasteiger partial charge in [0, 0.05) is 19.3 Å². The van der Waals surface area contributed by atoms with Crippen LogP contribution >= 0.6 is 0 Å². The molecule has 0 fully saturated rings. The van der Waals surface area contributed by atoms with Crippen LogP contribution in [0.5, 0.6) is 0 Å². The predicted molar refractivity (Wildman–Crippen MR) is 154 cm³/mol. The molecule has 0 saturated carbocycles. The maximum absolute atomic E-state index is 12.5. The second-order valence-corrected chi connectivity index (χ2v) is 10.9. The molecule has 3 N–H and O–H groups in total. The molecule has 0 aromatic heterocycles. The summed E-state index contributed by atoms with van der Waals surface area (Å²) in [7, 11) is 0. The molecule has 0 aliphatic carbocycles. The lowest BCUT2D eigenvalue weighted by atomic mass is 9.91. The summed E-state index contributed by atoms with van der Waals surface area (Å²) in [5.74, 6) is -3.26. The number of hydrogen-bond acceptors (Lipinski definition) is 3. The van der Waals surface area contributed by atoms with Gasteiger partial charge in [-0.15, -0.1) is 0 Å². The summed E-state index contributed by atoms with van der Waals surface area (Å²) < 4.78 is -0.374. The Hall–Kier alpha value is -1.89. The zero-order valence-electron chi connectivity index (χ0n) is 24.8. The summed E-state index contributed by atoms with van der Waals surface area (Å²) in [5.41, 5.74) is 0. The monoisotopic (exact) mass is 540 g/mol. The lowest BCUT2D eigenvalue weighted by Crippen LogP contribution is -2.72. The highest BCUT2D eigenvalue weighted by Gasteiger charge is 2.56. The van der Waals surface area contributed by atoms with Crippen molar-refractivity contribution in [1.29, 1.82) is 0 Å². The molecule has 3 unspecified atom stereocenters. The SMILES string of the molecule is CCCC/C=C/CCCCCCCCCC[N+](C(CCC)C(=O)O)(C(CCC)C(=O)O)C(CCC)C(=O)O. The van der Waals surface area contributed by atoms with Crippen LogP contribution in [0, 0.1) is 0 Å². The highest BCUT2D eigenvalue weighted by atomic mass is 16.4. The average molecular weight is 541 g/mol. The molecule has 0 aromatic rings. The van der Waals surface area contributed by atoms with Crippen molar-refractivity contribution < 1.29 is 34.2 Å². The molecule has 3 atom stereocenters. The highest BCUT2D eigenvalue weighted by molar-refractivity contribution is 5.78. The average Bonchev–Trinajstić information content (AvgIpc) is 2.87. The van der Waals surface area contributed by atoms with E-state index in [9.17, 15) is 29.7 Å². The summed E-state index contributed by atoms with van der Waals surface area (Å²) in [6.07, 6.45) is 20.3. The Morgan fingerprint density at radius 2 is 0.868 bits per heavy atom. The van der Waals surface area contributed by atoms with Crippen LogP contribution in [-0.2, 0) is 14.4 Å². The van der Waals surface area contributed by atoms with E-state index >= 15 is 0 Å². The van der Waals surface area contributed by atoms with Gasteiger partial charge in [-0.25, -0.2) is 14.4 Å². The molecule has 0 aliphatic rings. The number of aliphatic carboxylic acids is 3. The predicted octanol–water partition coefficient (Wildman–Crippen LogP) is 7.82. The summed E-state index contributed by atoms with van der Waals surface area (Å²) in [5, 5.41) is 30.7. The molecule has 0 spiro atoms. The van der Waals surface area contributed by atoms with Crippen LogP contribution in [0.2, 0.25) is 0 Å². The van der Waals surface area contributed by atoms with Gasteiger partial charge in [0.15, 0.2) is 18.1 Å². The molecule has 0 aliphatic heterocycles. The van der Waals surface area contributed by atoms with Gasteiger partial charge in [-0.2, -0.15) is 0 Å². The molecule has 0 heterocycles. The van der Waals surface area contributed by atoms with Gasteiger partial charge in [-0.3, -0.25) is 4.48 Å². The Labute approximate surface area is 232 Å². The van der Waals surface area contributed by atoms with Gasteiger partial charge in [0.1, 0.15) is 0 Å². The van der Waals surface area contributed by atoms with Gasteiger partial charge in [-0.05, 0) is 51.4 Å². The fraction of sp³-hybridized carbons (Fsp3) is 0.839. The Bertz CT molecular complexity index is 617. The summed E-state index contributed by atoms with van der Waals surface area (Å²) >= 11 is 0. The second kappa shape index (κ2) is 22.0. The normalized spacial score (nSPS) is 15.7. The number of quaternary nitrogens is 1. The third-order valence-electron chi connectivity index (χ3n) is 7.84. The quantitative estimate of drug-likeness (QED) is 0.0586. The van der Waals surface area contributed by atoms with E-state index in [0.29, 0.717) is 25.7 Å². The van der Waals surface area contributed by atoms with Crippen LogP contribution in [0.3, 0.4) is 0 Å². The molecule has 0 aromatic carbocycles. The zero-order chi connectivity index (χ0) is 28.8. The van der Waals surface area contributed by atoms with Crippen molar-refractivity contribution in [1.82, 2.24) is 0 Å². The number of hydrogen-bond donors (Lipinski definition) is 3. The first-order chi connectivity index (χ1) is 18.2. The van der Waals surface area contributed by atoms with Crippen LogP contribution in [0.25, 0.3) is 0 Å². The zero-order valence-corrected chi connectivity index (χ0v) is 24.8. The lowest BCUT2D eigenvalue weighted by molar-refractivity contribution is -0.973. The van der Waals surface area contributed by atoms with Gasteiger partial charge in [0.25, 0.3) is 0 Å². The van der Waals surface area contributed by atoms with Crippen molar-refractivity contribution in [3.63, 3.8) is 0 Å². The van der Waals surface area contributed by atoms with Crippen LogP contribution < -0.4 is 0 Å². The van der Waals surface area contributed by atoms with Gasteiger partial charge in [0.05, 0.1) is 6.54 Å². The molecular weight excluding hydrogens is 482 g/mol. The highest BCUT2D eigenvalue weighted by Crippen LogP contribution is 2.34. The number of unbranched alkanes of at least 4 members (excludes halogenated alkanes) is 10. The molecule has 0 saturated heterocycles. The Balaban J connectivity index is 5.33. The minimum absolute atomic E-state index is 0.268. The van der Waals surface area contributed by atoms with Crippen LogP contribution in [0.1, 0.15) is 143 Å². The number of carbonyl (C=O) groups is 3. The van der Waals surface area contributed by atoms with E-state index in [1.807, 2.05) is 20.8 Å². The standard InChI is InChI=1S/C31H57NO6/c1-5-9-10-11-12-13-14-15-16-17-18-19-20-21-25-32(26(22-6-2)29(33)34,27(23-7-3)30(35)36)28(24-8-4)31(37)38/h11-12,26-28H,5-10,13-25H2,1-4H3,(H2-,33,34,35,36,37,38)/p+1/b12-11+. The molecule has 0 rings (SSSR count). The first-order valence-electron chi connectivity index (χ1n) is 15.4. The lowest BCUT2D eigenvalue weighted by Gasteiger charge is -2.50. The molecule has 38 heavy (non-hydrogen) atoms. The number of carboxylic acids is 3. The van der Waals surface area contributed by atoms with Crippen LogP contribution in [-0.4, -0.2) is 62.4 Å². The summed E-state index contributed by atoms with van der Waals surface area (Å²) in [6, 6.07) is -3.14. The number of rotatable bonds is 26. The smallest absolute Gasteiger partial charge is 0.362 e. The third kappa shape index (κ3) is 12.8. The van der Waals surface area contributed by atoms with Crippen molar-refractivity contribution >= 4 is 17.9 Å². The van der Waals surface area contributed by atoms with Gasteiger partial charge >= 0.3 is 17.9 Å². The van der Waals surface area contributed by atoms with Crippen molar-refractivity contribution in [3.05, 3.63) is 12.2 Å². The Morgan fingerprint density at radius 3 is 1.21 bits per heavy atom. The molecule has 0 bridgehead atoms. The van der Waals surface area contributed by atoms with Crippen molar-refractivity contribution in [2.45, 2.75) is 161 Å². The van der Waals surface area contributed by atoms with E-state index in [1.165, 1.54) is 38.5 Å². The van der Waals surface area contributed by atoms with Crippen molar-refractivity contribution in [2.24, 2.45) is 0 Å². The topological polar surface area (TPSA) is 112 Å². The van der Waals surface area contributed by atoms with Crippen LogP contribution in [0.4, 0.5) is 0 Å². The fourth-order valence-corrected chi connectivity index (χ4v) is 5.91. The number of nitrogens with zero attached hydrogens (tertiary/aromatic N) is 1. The summed E-state index contributed by atoms with van der Waals surface area (Å²) in [6.45, 7) is 8.10. The largest absolute Gasteiger partial charge is 0.477 e. The van der Waals surface area contributed by atoms with Gasteiger partial charge in [-0.1, -0.05) is 84.8 Å². The van der Waals surface area contributed by atoms with E-state index in [-0.39, 0.29) is 30.3 Å². The Morgan fingerprint density at radius 1 is 0.526 bits per heavy atom. The molecular formula is C31H58NO6+. The molecule has 7 heteroatoms. The van der Waals surface area contributed by atoms with Gasteiger partial charge < -0.3 is 15.3 Å². The van der Waals surface area contributed by atoms with Crippen LogP contribution in [0.15, 0.2) is 12.2 Å². The van der Waals surface area contributed by atoms with E-state index in [0.717, 1.165) is 32.1 Å². The maximum Gasteiger partial charge on any atom is 0.362 e.